The van der Waals surface area contributed by atoms with Crippen molar-refractivity contribution in [2.45, 2.75) is 6.54 Å². The fraction of sp³-hybridized carbons (Fsp3) is 0.333. The number of nitrogens with one attached hydrogen (secondary N) is 1. The standard InChI is InChI=1S/C9H10N2O4/c1-15-7-5(9(13)14)4-11-3-2-10-8(12)6(7)11/h4H,2-3H2,1H3,(H,10,12)(H,13,14). The fourth-order valence-electron chi connectivity index (χ4n) is 1.68. The van der Waals surface area contributed by atoms with Crippen molar-refractivity contribution in [3.63, 3.8) is 0 Å². The number of ether oxygens (including phenoxy) is 1. The van der Waals surface area contributed by atoms with Gasteiger partial charge in [0.05, 0.1) is 7.11 Å². The summed E-state index contributed by atoms with van der Waals surface area (Å²) >= 11 is 0. The number of nitrogens with zero attached hydrogens (tertiary/aromatic N) is 1. The van der Waals surface area contributed by atoms with E-state index in [0.717, 1.165) is 0 Å². The Balaban J connectivity index is 2.62. The quantitative estimate of drug-likeness (QED) is 0.716. The highest BCUT2D eigenvalue weighted by Gasteiger charge is 2.28. The molecule has 2 heterocycles. The minimum Gasteiger partial charge on any atom is -0.493 e. The summed E-state index contributed by atoms with van der Waals surface area (Å²) in [6.45, 7) is 1.06. The molecule has 0 fully saturated rings. The Kier molecular flexibility index (Phi) is 2.11. The fourth-order valence-corrected chi connectivity index (χ4v) is 1.68. The summed E-state index contributed by atoms with van der Waals surface area (Å²) in [7, 11) is 1.35. The van der Waals surface area contributed by atoms with Gasteiger partial charge in [-0.1, -0.05) is 0 Å². The molecule has 0 aliphatic carbocycles. The summed E-state index contributed by atoms with van der Waals surface area (Å²) in [5.74, 6) is -1.27. The molecule has 6 heteroatoms. The molecule has 1 aliphatic heterocycles. The molecule has 0 unspecified atom stereocenters. The number of hydrogen-bond acceptors (Lipinski definition) is 3. The zero-order valence-electron chi connectivity index (χ0n) is 8.11. The van der Waals surface area contributed by atoms with E-state index in [1.807, 2.05) is 0 Å². The van der Waals surface area contributed by atoms with Crippen molar-refractivity contribution in [1.29, 1.82) is 0 Å². The van der Waals surface area contributed by atoms with Gasteiger partial charge < -0.3 is 19.7 Å². The Bertz CT molecular complexity index is 436. The lowest BCUT2D eigenvalue weighted by Gasteiger charge is -2.16. The van der Waals surface area contributed by atoms with Crippen LogP contribution in [0, 0.1) is 0 Å². The minimum absolute atomic E-state index is 0.0181. The van der Waals surface area contributed by atoms with Gasteiger partial charge in [-0.05, 0) is 0 Å². The van der Waals surface area contributed by atoms with Crippen LogP contribution in [0.5, 0.6) is 5.75 Å². The Labute approximate surface area is 85.5 Å². The van der Waals surface area contributed by atoms with Gasteiger partial charge in [0.1, 0.15) is 5.56 Å². The molecule has 6 nitrogen and oxygen atoms in total. The molecule has 1 aromatic rings. The second kappa shape index (κ2) is 3.30. The van der Waals surface area contributed by atoms with Crippen molar-refractivity contribution in [3.8, 4) is 5.75 Å². The molecule has 15 heavy (non-hydrogen) atoms. The van der Waals surface area contributed by atoms with Gasteiger partial charge in [0, 0.05) is 19.3 Å². The molecular weight excluding hydrogens is 200 g/mol. The van der Waals surface area contributed by atoms with E-state index in [1.165, 1.54) is 13.3 Å². The number of amides is 1. The Morgan fingerprint density at radius 3 is 3.00 bits per heavy atom. The Morgan fingerprint density at radius 2 is 2.40 bits per heavy atom. The predicted molar refractivity (Wildman–Crippen MR) is 50.3 cm³/mol. The van der Waals surface area contributed by atoms with Crippen molar-refractivity contribution >= 4 is 11.9 Å². The van der Waals surface area contributed by atoms with E-state index in [2.05, 4.69) is 5.32 Å². The van der Waals surface area contributed by atoms with Crippen LogP contribution in [-0.4, -0.2) is 35.2 Å². The summed E-state index contributed by atoms with van der Waals surface area (Å²) in [5, 5.41) is 11.5. The highest BCUT2D eigenvalue weighted by atomic mass is 16.5. The zero-order chi connectivity index (χ0) is 11.0. The van der Waals surface area contributed by atoms with Crippen molar-refractivity contribution < 1.29 is 19.4 Å². The lowest BCUT2D eigenvalue weighted by atomic mass is 10.2. The molecule has 0 saturated carbocycles. The summed E-state index contributed by atoms with van der Waals surface area (Å²) in [6, 6.07) is 0. The van der Waals surface area contributed by atoms with E-state index < -0.39 is 5.97 Å². The predicted octanol–water partition coefficient (Wildman–Crippen LogP) is -0.0617. The molecule has 0 saturated heterocycles. The summed E-state index contributed by atoms with van der Waals surface area (Å²) < 4.78 is 6.55. The van der Waals surface area contributed by atoms with Gasteiger partial charge in [-0.2, -0.15) is 0 Å². The average Bonchev–Trinajstić information content (AvgIpc) is 2.57. The van der Waals surface area contributed by atoms with Crippen molar-refractivity contribution in [2.75, 3.05) is 13.7 Å². The lowest BCUT2D eigenvalue weighted by Crippen LogP contribution is -2.35. The van der Waals surface area contributed by atoms with Gasteiger partial charge in [-0.15, -0.1) is 0 Å². The van der Waals surface area contributed by atoms with Crippen LogP contribution < -0.4 is 10.1 Å². The monoisotopic (exact) mass is 210 g/mol. The summed E-state index contributed by atoms with van der Waals surface area (Å²) in [4.78, 5) is 22.4. The molecule has 0 bridgehead atoms. The number of fused-ring (bicyclic) bond motifs is 1. The number of methoxy groups -OCH3 is 1. The number of rotatable bonds is 2. The Morgan fingerprint density at radius 1 is 1.67 bits per heavy atom. The largest absolute Gasteiger partial charge is 0.493 e. The molecule has 1 aromatic heterocycles. The van der Waals surface area contributed by atoms with Gasteiger partial charge >= 0.3 is 5.97 Å². The number of carbonyl (C=O) groups is 2. The molecule has 0 radical (unpaired) electrons. The molecule has 0 aromatic carbocycles. The number of hydrogen-bond donors (Lipinski definition) is 2. The third-order valence-electron chi connectivity index (χ3n) is 2.32. The number of aromatic nitrogens is 1. The van der Waals surface area contributed by atoms with Crippen LogP contribution >= 0.6 is 0 Å². The first-order valence-electron chi connectivity index (χ1n) is 4.43. The molecule has 1 amide bonds. The smallest absolute Gasteiger partial charge is 0.341 e. The van der Waals surface area contributed by atoms with Gasteiger partial charge in [0.25, 0.3) is 5.91 Å². The van der Waals surface area contributed by atoms with Gasteiger partial charge in [0.15, 0.2) is 11.4 Å². The van der Waals surface area contributed by atoms with Crippen molar-refractivity contribution in [3.05, 3.63) is 17.5 Å². The maximum atomic E-state index is 11.5. The summed E-state index contributed by atoms with van der Waals surface area (Å²) in [6.07, 6.45) is 1.43. The maximum Gasteiger partial charge on any atom is 0.341 e. The zero-order valence-corrected chi connectivity index (χ0v) is 8.11. The SMILES string of the molecule is COc1c(C(=O)O)cn2c1C(=O)NCC2. The number of carboxylic acids is 1. The Hall–Kier alpha value is -1.98. The highest BCUT2D eigenvalue weighted by Crippen LogP contribution is 2.27. The van der Waals surface area contributed by atoms with E-state index in [4.69, 9.17) is 9.84 Å². The number of aromatic carboxylic acids is 1. The second-order valence-corrected chi connectivity index (χ2v) is 3.18. The van der Waals surface area contributed by atoms with Crippen LogP contribution in [0.2, 0.25) is 0 Å². The van der Waals surface area contributed by atoms with Crippen LogP contribution in [0.3, 0.4) is 0 Å². The highest BCUT2D eigenvalue weighted by molar-refractivity contribution is 6.01. The first-order chi connectivity index (χ1) is 7.15. The molecule has 0 atom stereocenters. The second-order valence-electron chi connectivity index (χ2n) is 3.18. The first-order valence-corrected chi connectivity index (χ1v) is 4.43. The van der Waals surface area contributed by atoms with E-state index in [1.54, 1.807) is 4.57 Å². The van der Waals surface area contributed by atoms with Crippen LogP contribution in [0.4, 0.5) is 0 Å². The average molecular weight is 210 g/mol. The molecule has 2 N–H and O–H groups in total. The summed E-state index contributed by atoms with van der Waals surface area (Å²) in [5.41, 5.74) is 0.297. The third-order valence-corrected chi connectivity index (χ3v) is 2.32. The van der Waals surface area contributed by atoms with E-state index in [0.29, 0.717) is 13.1 Å². The molecule has 80 valence electrons. The normalized spacial score (nSPS) is 14.3. The van der Waals surface area contributed by atoms with E-state index in [9.17, 15) is 9.59 Å². The third kappa shape index (κ3) is 1.34. The van der Waals surface area contributed by atoms with Gasteiger partial charge in [0.2, 0.25) is 0 Å². The number of carboxylic acid groups (broad SMARTS) is 1. The maximum absolute atomic E-state index is 11.5. The van der Waals surface area contributed by atoms with Crippen molar-refractivity contribution in [2.24, 2.45) is 0 Å². The van der Waals surface area contributed by atoms with Gasteiger partial charge in [-0.3, -0.25) is 4.79 Å². The first kappa shape index (κ1) is 9.57. The lowest BCUT2D eigenvalue weighted by molar-refractivity contribution is 0.0693. The van der Waals surface area contributed by atoms with Crippen LogP contribution in [-0.2, 0) is 6.54 Å². The van der Waals surface area contributed by atoms with Crippen LogP contribution in [0.1, 0.15) is 20.8 Å². The van der Waals surface area contributed by atoms with Crippen molar-refractivity contribution in [1.82, 2.24) is 9.88 Å². The van der Waals surface area contributed by atoms with E-state index in [-0.39, 0.29) is 22.9 Å². The molecule has 2 rings (SSSR count). The van der Waals surface area contributed by atoms with Crippen LogP contribution in [0.15, 0.2) is 6.20 Å². The topological polar surface area (TPSA) is 80.6 Å². The van der Waals surface area contributed by atoms with Crippen LogP contribution in [0.25, 0.3) is 0 Å². The minimum atomic E-state index is -1.10. The molecule has 1 aliphatic rings. The molecule has 0 spiro atoms. The number of carbonyl (C=O) groups excluding carboxylic acids is 1. The molecular formula is C9H10N2O4. The van der Waals surface area contributed by atoms with Gasteiger partial charge in [-0.25, -0.2) is 4.79 Å². The van der Waals surface area contributed by atoms with E-state index >= 15 is 0 Å².